The van der Waals surface area contributed by atoms with Gasteiger partial charge in [-0.3, -0.25) is 0 Å². The molecular formula is C27H37FN2O3. The summed E-state index contributed by atoms with van der Waals surface area (Å²) in [6.45, 7) is 11.0. The lowest BCUT2D eigenvalue weighted by atomic mass is 9.99. The first-order valence-electron chi connectivity index (χ1n) is 11.7. The monoisotopic (exact) mass is 456 g/mol. The van der Waals surface area contributed by atoms with Gasteiger partial charge in [0, 0.05) is 43.5 Å². The largest absolute Gasteiger partial charge is 0.489 e. The summed E-state index contributed by atoms with van der Waals surface area (Å²) in [5.74, 6) is 0.669. The van der Waals surface area contributed by atoms with E-state index in [1.54, 1.807) is 6.07 Å². The minimum absolute atomic E-state index is 0.0222. The van der Waals surface area contributed by atoms with E-state index in [4.69, 9.17) is 14.6 Å². The van der Waals surface area contributed by atoms with Crippen LogP contribution in [0, 0.1) is 11.2 Å². The van der Waals surface area contributed by atoms with Gasteiger partial charge in [-0.05, 0) is 66.5 Å². The van der Waals surface area contributed by atoms with Crippen molar-refractivity contribution in [2.24, 2.45) is 5.41 Å². The second-order valence-electron chi connectivity index (χ2n) is 9.83. The van der Waals surface area contributed by atoms with E-state index in [2.05, 4.69) is 68.0 Å². The number of halogens is 1. The van der Waals surface area contributed by atoms with Crippen LogP contribution in [0.4, 0.5) is 4.39 Å². The van der Waals surface area contributed by atoms with Crippen molar-refractivity contribution >= 4 is 10.9 Å². The molecule has 0 saturated heterocycles. The molecule has 180 valence electrons. The molecule has 1 atom stereocenters. The Kier molecular flexibility index (Phi) is 8.75. The normalized spacial score (nSPS) is 12.8. The van der Waals surface area contributed by atoms with E-state index in [1.807, 2.05) is 0 Å². The minimum Gasteiger partial charge on any atom is -0.489 e. The van der Waals surface area contributed by atoms with Gasteiger partial charge in [-0.15, -0.1) is 0 Å². The predicted octanol–water partition coefficient (Wildman–Crippen LogP) is 5.19. The fourth-order valence-electron chi connectivity index (χ4n) is 3.71. The molecule has 0 saturated carbocycles. The summed E-state index contributed by atoms with van der Waals surface area (Å²) in [5, 5.41) is 13.8. The van der Waals surface area contributed by atoms with Crippen LogP contribution in [-0.2, 0) is 13.0 Å². The fraction of sp³-hybridized carbons (Fsp3) is 0.481. The van der Waals surface area contributed by atoms with Crippen molar-refractivity contribution in [3.63, 3.8) is 0 Å². The van der Waals surface area contributed by atoms with Crippen LogP contribution >= 0.6 is 0 Å². The number of aliphatic hydroxyl groups excluding tert-OH is 1. The molecule has 2 N–H and O–H groups in total. The number of nitrogens with zero attached hydrogens (tertiary/aromatic N) is 1. The summed E-state index contributed by atoms with van der Waals surface area (Å²) in [5.41, 5.74) is 2.45. The first-order chi connectivity index (χ1) is 15.7. The van der Waals surface area contributed by atoms with Gasteiger partial charge in [0.1, 0.15) is 12.4 Å². The molecule has 0 spiro atoms. The Morgan fingerprint density at radius 1 is 1.06 bits per heavy atom. The number of aromatic nitrogens is 1. The second-order valence-corrected chi connectivity index (χ2v) is 9.83. The van der Waals surface area contributed by atoms with Crippen LogP contribution in [0.15, 0.2) is 48.7 Å². The molecule has 1 aromatic heterocycles. The van der Waals surface area contributed by atoms with E-state index < -0.39 is 0 Å². The number of nitrogens with one attached hydrogen (secondary N) is 1. The third-order valence-electron chi connectivity index (χ3n) is 5.35. The smallest absolute Gasteiger partial charge is 0.164 e. The second kappa shape index (κ2) is 11.5. The maximum absolute atomic E-state index is 13.7. The first kappa shape index (κ1) is 25.1. The zero-order chi connectivity index (χ0) is 23.8. The third-order valence-corrected chi connectivity index (χ3v) is 5.35. The number of hydrogen-bond donors (Lipinski definition) is 2. The molecule has 5 nitrogen and oxygen atoms in total. The van der Waals surface area contributed by atoms with Gasteiger partial charge < -0.3 is 24.5 Å². The molecular weight excluding hydrogens is 419 g/mol. The molecule has 0 bridgehead atoms. The van der Waals surface area contributed by atoms with E-state index in [0.29, 0.717) is 31.3 Å². The molecule has 0 aliphatic rings. The summed E-state index contributed by atoms with van der Waals surface area (Å²) >= 11 is 0. The average Bonchev–Trinajstić information content (AvgIpc) is 3.16. The molecule has 0 radical (unpaired) electrons. The number of aliphatic hydroxyl groups is 1. The molecule has 0 fully saturated rings. The standard InChI is InChI=1S/C27H37FN2O3/c1-20(16-21-6-8-24-22(17-21)10-13-30(24)12-5-14-31)29-11-15-32-25-9-7-23(28)18-26(25)33-19-27(2,3)4/h6-10,13,17-18,20,29,31H,5,11-12,14-16,19H2,1-4H3/t20-/m1/s1. The number of hydrogen-bond acceptors (Lipinski definition) is 4. The zero-order valence-electron chi connectivity index (χ0n) is 20.2. The molecule has 3 rings (SSSR count). The summed E-state index contributed by atoms with van der Waals surface area (Å²) in [4.78, 5) is 0. The van der Waals surface area contributed by atoms with Gasteiger partial charge in [0.15, 0.2) is 11.5 Å². The van der Waals surface area contributed by atoms with E-state index in [-0.39, 0.29) is 23.9 Å². The molecule has 1 heterocycles. The summed E-state index contributed by atoms with van der Waals surface area (Å²) in [6, 6.07) is 13.4. The maximum atomic E-state index is 13.7. The van der Waals surface area contributed by atoms with Gasteiger partial charge in [-0.25, -0.2) is 4.39 Å². The average molecular weight is 457 g/mol. The summed E-state index contributed by atoms with van der Waals surface area (Å²) in [7, 11) is 0. The van der Waals surface area contributed by atoms with Crippen molar-refractivity contribution in [1.82, 2.24) is 9.88 Å². The number of aryl methyl sites for hydroxylation is 1. The number of rotatable bonds is 12. The van der Waals surface area contributed by atoms with Gasteiger partial charge in [0.25, 0.3) is 0 Å². The van der Waals surface area contributed by atoms with E-state index >= 15 is 0 Å². The predicted molar refractivity (Wildman–Crippen MR) is 132 cm³/mol. The lowest BCUT2D eigenvalue weighted by Crippen LogP contribution is -2.31. The lowest BCUT2D eigenvalue weighted by Gasteiger charge is -2.20. The Bertz CT molecular complexity index is 1030. The van der Waals surface area contributed by atoms with E-state index in [0.717, 1.165) is 19.4 Å². The fourth-order valence-corrected chi connectivity index (χ4v) is 3.71. The Morgan fingerprint density at radius 3 is 2.64 bits per heavy atom. The lowest BCUT2D eigenvalue weighted by molar-refractivity contribution is 0.186. The third kappa shape index (κ3) is 7.76. The van der Waals surface area contributed by atoms with Crippen LogP contribution in [0.5, 0.6) is 11.5 Å². The zero-order valence-corrected chi connectivity index (χ0v) is 20.2. The molecule has 2 aromatic carbocycles. The van der Waals surface area contributed by atoms with Gasteiger partial charge >= 0.3 is 0 Å². The quantitative estimate of drug-likeness (QED) is 0.369. The van der Waals surface area contributed by atoms with E-state index in [1.165, 1.54) is 28.6 Å². The molecule has 3 aromatic rings. The van der Waals surface area contributed by atoms with Crippen LogP contribution < -0.4 is 14.8 Å². The van der Waals surface area contributed by atoms with Crippen LogP contribution in [0.25, 0.3) is 10.9 Å². The van der Waals surface area contributed by atoms with Gasteiger partial charge in [0.05, 0.1) is 6.61 Å². The minimum atomic E-state index is -0.335. The molecule has 0 amide bonds. The highest BCUT2D eigenvalue weighted by atomic mass is 19.1. The van der Waals surface area contributed by atoms with Crippen molar-refractivity contribution in [2.75, 3.05) is 26.4 Å². The van der Waals surface area contributed by atoms with Gasteiger partial charge in [-0.2, -0.15) is 0 Å². The van der Waals surface area contributed by atoms with Crippen LogP contribution in [0.1, 0.15) is 39.7 Å². The summed E-state index contributed by atoms with van der Waals surface area (Å²) in [6.07, 6.45) is 3.75. The Hall–Kier alpha value is -2.57. The van der Waals surface area contributed by atoms with Crippen molar-refractivity contribution < 1.29 is 19.0 Å². The molecule has 6 heteroatoms. The molecule has 0 unspecified atom stereocenters. The number of fused-ring (bicyclic) bond motifs is 1. The Balaban J connectivity index is 1.47. The van der Waals surface area contributed by atoms with Crippen LogP contribution in [0.3, 0.4) is 0 Å². The SMILES string of the molecule is C[C@H](Cc1ccc2c(ccn2CCCO)c1)NCCOc1ccc(F)cc1OCC(C)(C)C. The van der Waals surface area contributed by atoms with Gasteiger partial charge in [-0.1, -0.05) is 26.8 Å². The highest BCUT2D eigenvalue weighted by Crippen LogP contribution is 2.29. The van der Waals surface area contributed by atoms with Crippen molar-refractivity contribution in [2.45, 2.75) is 53.1 Å². The Morgan fingerprint density at radius 2 is 1.88 bits per heavy atom. The van der Waals surface area contributed by atoms with Crippen molar-refractivity contribution in [1.29, 1.82) is 0 Å². The Labute approximate surface area is 196 Å². The first-order valence-corrected chi connectivity index (χ1v) is 11.7. The van der Waals surface area contributed by atoms with Crippen LogP contribution in [-0.4, -0.2) is 42.1 Å². The topological polar surface area (TPSA) is 55.7 Å². The van der Waals surface area contributed by atoms with E-state index in [9.17, 15) is 4.39 Å². The number of benzene rings is 2. The van der Waals surface area contributed by atoms with Crippen molar-refractivity contribution in [3.05, 3.63) is 60.0 Å². The highest BCUT2D eigenvalue weighted by Gasteiger charge is 2.14. The van der Waals surface area contributed by atoms with Crippen LogP contribution in [0.2, 0.25) is 0 Å². The molecule has 0 aliphatic carbocycles. The number of ether oxygens (including phenoxy) is 2. The summed E-state index contributed by atoms with van der Waals surface area (Å²) < 4.78 is 27.5. The molecule has 0 aliphatic heterocycles. The highest BCUT2D eigenvalue weighted by molar-refractivity contribution is 5.80. The molecule has 33 heavy (non-hydrogen) atoms. The maximum Gasteiger partial charge on any atom is 0.164 e. The van der Waals surface area contributed by atoms with Crippen molar-refractivity contribution in [3.8, 4) is 11.5 Å². The van der Waals surface area contributed by atoms with Gasteiger partial charge in [0.2, 0.25) is 0 Å².